The second kappa shape index (κ2) is 6.32. The molecule has 0 bridgehead atoms. The van der Waals surface area contributed by atoms with Crippen LogP contribution in [0.5, 0.6) is 0 Å². The quantitative estimate of drug-likeness (QED) is 0.712. The van der Waals surface area contributed by atoms with Crippen LogP contribution in [0.25, 0.3) is 11.3 Å². The monoisotopic (exact) mass is 316 g/mol. The molecule has 1 fully saturated rings. The number of aromatic nitrogens is 2. The Bertz CT molecular complexity index is 824. The fourth-order valence-corrected chi connectivity index (χ4v) is 2.54. The van der Waals surface area contributed by atoms with Gasteiger partial charge in [0.05, 0.1) is 5.69 Å². The lowest BCUT2D eigenvalue weighted by atomic mass is 10.1. The molecule has 120 valence electrons. The molecule has 0 atom stereocenters. The summed E-state index contributed by atoms with van der Waals surface area (Å²) in [6.07, 6.45) is 2.43. The first kappa shape index (κ1) is 14.7. The van der Waals surface area contributed by atoms with Crippen molar-refractivity contribution in [3.8, 4) is 11.3 Å². The lowest BCUT2D eigenvalue weighted by molar-refractivity contribution is 1.09. The first-order valence-electron chi connectivity index (χ1n) is 8.31. The Morgan fingerprint density at radius 2 is 1.67 bits per heavy atom. The van der Waals surface area contributed by atoms with Crippen LogP contribution in [-0.4, -0.2) is 16.0 Å². The van der Waals surface area contributed by atoms with Crippen molar-refractivity contribution in [2.45, 2.75) is 25.8 Å². The number of rotatable bonds is 5. The van der Waals surface area contributed by atoms with Gasteiger partial charge in [-0.05, 0) is 31.9 Å². The Kier molecular flexibility index (Phi) is 3.87. The summed E-state index contributed by atoms with van der Waals surface area (Å²) < 4.78 is 0. The van der Waals surface area contributed by atoms with Gasteiger partial charge < -0.3 is 10.6 Å². The zero-order valence-corrected chi connectivity index (χ0v) is 13.7. The summed E-state index contributed by atoms with van der Waals surface area (Å²) in [7, 11) is 0. The van der Waals surface area contributed by atoms with Crippen LogP contribution in [0.4, 0.5) is 17.5 Å². The van der Waals surface area contributed by atoms with Gasteiger partial charge in [-0.3, -0.25) is 0 Å². The summed E-state index contributed by atoms with van der Waals surface area (Å²) in [5.41, 5.74) is 4.23. The Labute approximate surface area is 142 Å². The van der Waals surface area contributed by atoms with Crippen molar-refractivity contribution >= 4 is 17.5 Å². The van der Waals surface area contributed by atoms with Crippen molar-refractivity contribution in [1.82, 2.24) is 9.97 Å². The van der Waals surface area contributed by atoms with Crippen molar-refractivity contribution in [2.75, 3.05) is 10.6 Å². The van der Waals surface area contributed by atoms with E-state index in [2.05, 4.69) is 51.8 Å². The smallest absolute Gasteiger partial charge is 0.229 e. The lowest BCUT2D eigenvalue weighted by Gasteiger charge is -2.11. The van der Waals surface area contributed by atoms with E-state index < -0.39 is 0 Å². The third kappa shape index (κ3) is 3.54. The van der Waals surface area contributed by atoms with E-state index in [-0.39, 0.29) is 0 Å². The molecular weight excluding hydrogens is 296 g/mol. The number of hydrogen-bond acceptors (Lipinski definition) is 4. The fraction of sp³-hybridized carbons (Fsp3) is 0.200. The molecule has 1 aromatic heterocycles. The summed E-state index contributed by atoms with van der Waals surface area (Å²) in [6.45, 7) is 2.08. The second-order valence-corrected chi connectivity index (χ2v) is 6.24. The SMILES string of the molecule is Cc1ccc(Nc2nc(NC3CC3)cc(-c3ccccc3)n2)cc1. The topological polar surface area (TPSA) is 49.8 Å². The van der Waals surface area contributed by atoms with Crippen molar-refractivity contribution in [3.05, 3.63) is 66.2 Å². The van der Waals surface area contributed by atoms with Crippen molar-refractivity contribution < 1.29 is 0 Å². The maximum absolute atomic E-state index is 4.69. The Hall–Kier alpha value is -2.88. The highest BCUT2D eigenvalue weighted by atomic mass is 15.2. The van der Waals surface area contributed by atoms with Crippen LogP contribution < -0.4 is 10.6 Å². The first-order chi connectivity index (χ1) is 11.8. The molecule has 2 N–H and O–H groups in total. The second-order valence-electron chi connectivity index (χ2n) is 6.24. The number of anilines is 3. The third-order valence-electron chi connectivity index (χ3n) is 4.03. The zero-order chi connectivity index (χ0) is 16.4. The number of hydrogen-bond donors (Lipinski definition) is 2. The van der Waals surface area contributed by atoms with Crippen molar-refractivity contribution in [1.29, 1.82) is 0 Å². The predicted molar refractivity (Wildman–Crippen MR) is 98.6 cm³/mol. The van der Waals surface area contributed by atoms with E-state index in [1.54, 1.807) is 0 Å². The maximum atomic E-state index is 4.69. The Morgan fingerprint density at radius 1 is 0.917 bits per heavy atom. The average molecular weight is 316 g/mol. The lowest BCUT2D eigenvalue weighted by Crippen LogP contribution is -2.06. The van der Waals surface area contributed by atoms with Gasteiger partial charge >= 0.3 is 0 Å². The largest absolute Gasteiger partial charge is 0.367 e. The number of aryl methyl sites for hydroxylation is 1. The van der Waals surface area contributed by atoms with Crippen molar-refractivity contribution in [2.24, 2.45) is 0 Å². The highest BCUT2D eigenvalue weighted by Crippen LogP contribution is 2.27. The van der Waals surface area contributed by atoms with E-state index in [4.69, 9.17) is 0 Å². The van der Waals surface area contributed by atoms with E-state index in [1.807, 2.05) is 36.4 Å². The van der Waals surface area contributed by atoms with Gasteiger partial charge in [-0.1, -0.05) is 48.0 Å². The predicted octanol–water partition coefficient (Wildman–Crippen LogP) is 4.77. The maximum Gasteiger partial charge on any atom is 0.229 e. The first-order valence-corrected chi connectivity index (χ1v) is 8.31. The minimum atomic E-state index is 0.552. The molecule has 1 aliphatic carbocycles. The molecule has 2 aromatic carbocycles. The van der Waals surface area contributed by atoms with Crippen molar-refractivity contribution in [3.63, 3.8) is 0 Å². The van der Waals surface area contributed by atoms with Crippen LogP contribution in [0.3, 0.4) is 0 Å². The standard InChI is InChI=1S/C20H20N4/c1-14-7-9-17(10-8-14)22-20-23-18(15-5-3-2-4-6-15)13-19(24-20)21-16-11-12-16/h2-10,13,16H,11-12H2,1H3,(H2,21,22,23,24). The van der Waals surface area contributed by atoms with Crippen LogP contribution >= 0.6 is 0 Å². The van der Waals surface area contributed by atoms with E-state index in [0.29, 0.717) is 12.0 Å². The van der Waals surface area contributed by atoms with Gasteiger partial charge in [-0.2, -0.15) is 4.98 Å². The van der Waals surface area contributed by atoms with Crippen LogP contribution in [0.2, 0.25) is 0 Å². The van der Waals surface area contributed by atoms with Gasteiger partial charge in [-0.15, -0.1) is 0 Å². The summed E-state index contributed by atoms with van der Waals surface area (Å²) in [5, 5.41) is 6.78. The highest BCUT2D eigenvalue weighted by Gasteiger charge is 2.22. The fourth-order valence-electron chi connectivity index (χ4n) is 2.54. The average Bonchev–Trinajstić information content (AvgIpc) is 3.42. The molecule has 0 amide bonds. The zero-order valence-electron chi connectivity index (χ0n) is 13.7. The van der Waals surface area contributed by atoms with E-state index >= 15 is 0 Å². The van der Waals surface area contributed by atoms with Gasteiger partial charge in [0.15, 0.2) is 0 Å². The minimum absolute atomic E-state index is 0.552. The molecule has 4 nitrogen and oxygen atoms in total. The van der Waals surface area contributed by atoms with Crippen LogP contribution in [0, 0.1) is 6.92 Å². The molecule has 1 aliphatic rings. The molecule has 0 saturated heterocycles. The van der Waals surface area contributed by atoms with Gasteiger partial charge in [0.25, 0.3) is 0 Å². The molecule has 4 rings (SSSR count). The van der Waals surface area contributed by atoms with Crippen LogP contribution in [0.15, 0.2) is 60.7 Å². The summed E-state index contributed by atoms with van der Waals surface area (Å²) >= 11 is 0. The van der Waals surface area contributed by atoms with E-state index in [9.17, 15) is 0 Å². The molecule has 0 aliphatic heterocycles. The van der Waals surface area contributed by atoms with Crippen LogP contribution in [0.1, 0.15) is 18.4 Å². The number of nitrogens with one attached hydrogen (secondary N) is 2. The summed E-state index contributed by atoms with van der Waals surface area (Å²) in [5.74, 6) is 1.49. The molecule has 24 heavy (non-hydrogen) atoms. The third-order valence-corrected chi connectivity index (χ3v) is 4.03. The van der Waals surface area contributed by atoms with Gasteiger partial charge in [0, 0.05) is 23.4 Å². The number of benzene rings is 2. The Balaban J connectivity index is 1.67. The molecular formula is C20H20N4. The summed E-state index contributed by atoms with van der Waals surface area (Å²) in [6, 6.07) is 21.0. The van der Waals surface area contributed by atoms with Gasteiger partial charge in [-0.25, -0.2) is 4.98 Å². The van der Waals surface area contributed by atoms with Gasteiger partial charge in [0.2, 0.25) is 5.95 Å². The van der Waals surface area contributed by atoms with Gasteiger partial charge in [0.1, 0.15) is 5.82 Å². The van der Waals surface area contributed by atoms with Crippen LogP contribution in [-0.2, 0) is 0 Å². The molecule has 1 heterocycles. The normalized spacial score (nSPS) is 13.5. The minimum Gasteiger partial charge on any atom is -0.367 e. The highest BCUT2D eigenvalue weighted by molar-refractivity contribution is 5.66. The molecule has 0 spiro atoms. The van der Waals surface area contributed by atoms with E-state index in [0.717, 1.165) is 22.8 Å². The van der Waals surface area contributed by atoms with E-state index in [1.165, 1.54) is 18.4 Å². The molecule has 1 saturated carbocycles. The summed E-state index contributed by atoms with van der Waals surface area (Å²) in [4.78, 5) is 9.31. The molecule has 0 radical (unpaired) electrons. The molecule has 0 unspecified atom stereocenters. The Morgan fingerprint density at radius 3 is 2.38 bits per heavy atom. The number of nitrogens with zero attached hydrogens (tertiary/aromatic N) is 2. The molecule has 3 aromatic rings. The molecule has 4 heteroatoms.